The van der Waals surface area contributed by atoms with Crippen molar-refractivity contribution in [1.82, 2.24) is 15.2 Å². The van der Waals surface area contributed by atoms with E-state index in [1.807, 2.05) is 24.3 Å². The fraction of sp³-hybridized carbons (Fsp3) is 0.412. The molecule has 0 spiro atoms. The molecule has 0 aliphatic carbocycles. The molecule has 0 unspecified atom stereocenters. The molecule has 5 rings (SSSR count). The lowest BCUT2D eigenvalue weighted by molar-refractivity contribution is 0.0622. The summed E-state index contributed by atoms with van der Waals surface area (Å²) in [5.41, 5.74) is 7.47. The van der Waals surface area contributed by atoms with Crippen LogP contribution in [0.1, 0.15) is 22.5 Å². The summed E-state index contributed by atoms with van der Waals surface area (Å²) in [5.74, 6) is 0.627. The van der Waals surface area contributed by atoms with Gasteiger partial charge in [-0.05, 0) is 44.0 Å². The highest BCUT2D eigenvalue weighted by atomic mass is 32.1. The number of carbonyl (C=O) groups excluding carboxylic acids is 1. The van der Waals surface area contributed by atoms with Crippen LogP contribution < -0.4 is 11.1 Å². The SMILES string of the molecule is Nc1cccc(-c2ncc(C(=O)N[C@H]3CN4CCC3CC4)s2)c1. The van der Waals surface area contributed by atoms with Crippen LogP contribution in [0, 0.1) is 5.92 Å². The number of rotatable bonds is 3. The number of nitrogens with two attached hydrogens (primary N) is 1. The minimum Gasteiger partial charge on any atom is -0.399 e. The van der Waals surface area contributed by atoms with Crippen LogP contribution in [-0.4, -0.2) is 41.5 Å². The fourth-order valence-electron chi connectivity index (χ4n) is 3.55. The molecule has 2 bridgehead atoms. The molecule has 0 radical (unpaired) electrons. The van der Waals surface area contributed by atoms with E-state index < -0.39 is 0 Å². The van der Waals surface area contributed by atoms with Crippen LogP contribution in [0.15, 0.2) is 30.5 Å². The number of anilines is 1. The number of hydrogen-bond donors (Lipinski definition) is 2. The number of amides is 1. The number of thiazole rings is 1. The van der Waals surface area contributed by atoms with Gasteiger partial charge in [0.25, 0.3) is 5.91 Å². The number of fused-ring (bicyclic) bond motifs is 3. The van der Waals surface area contributed by atoms with E-state index in [2.05, 4.69) is 15.2 Å². The first-order valence-corrected chi connectivity index (χ1v) is 8.85. The monoisotopic (exact) mass is 328 g/mol. The van der Waals surface area contributed by atoms with Crippen LogP contribution in [0.25, 0.3) is 10.6 Å². The van der Waals surface area contributed by atoms with Crippen molar-refractivity contribution in [3.05, 3.63) is 35.3 Å². The van der Waals surface area contributed by atoms with E-state index in [4.69, 9.17) is 5.73 Å². The Morgan fingerprint density at radius 3 is 2.87 bits per heavy atom. The zero-order valence-corrected chi connectivity index (χ0v) is 13.7. The van der Waals surface area contributed by atoms with Crippen molar-refractivity contribution in [3.63, 3.8) is 0 Å². The van der Waals surface area contributed by atoms with Gasteiger partial charge in [0.1, 0.15) is 9.88 Å². The molecule has 120 valence electrons. The highest BCUT2D eigenvalue weighted by molar-refractivity contribution is 7.16. The van der Waals surface area contributed by atoms with Crippen LogP contribution in [0.5, 0.6) is 0 Å². The number of hydrogen-bond acceptors (Lipinski definition) is 5. The molecule has 5 nitrogen and oxygen atoms in total. The molecular weight excluding hydrogens is 308 g/mol. The smallest absolute Gasteiger partial charge is 0.263 e. The second kappa shape index (κ2) is 5.94. The summed E-state index contributed by atoms with van der Waals surface area (Å²) in [6, 6.07) is 7.87. The molecule has 3 aliphatic rings. The number of carbonyl (C=O) groups is 1. The molecule has 3 N–H and O–H groups in total. The van der Waals surface area contributed by atoms with Gasteiger partial charge in [-0.25, -0.2) is 4.98 Å². The zero-order chi connectivity index (χ0) is 15.8. The Morgan fingerprint density at radius 2 is 2.17 bits per heavy atom. The summed E-state index contributed by atoms with van der Waals surface area (Å²) < 4.78 is 0. The second-order valence-electron chi connectivity index (χ2n) is 6.37. The van der Waals surface area contributed by atoms with Crippen molar-refractivity contribution < 1.29 is 4.79 Å². The van der Waals surface area contributed by atoms with Crippen LogP contribution in [0.2, 0.25) is 0 Å². The van der Waals surface area contributed by atoms with Crippen LogP contribution in [0.3, 0.4) is 0 Å². The maximum absolute atomic E-state index is 12.5. The van der Waals surface area contributed by atoms with Gasteiger partial charge < -0.3 is 16.0 Å². The molecule has 3 aliphatic heterocycles. The van der Waals surface area contributed by atoms with Gasteiger partial charge in [0, 0.05) is 23.8 Å². The van der Waals surface area contributed by atoms with E-state index in [1.165, 1.54) is 37.3 Å². The quantitative estimate of drug-likeness (QED) is 0.848. The van der Waals surface area contributed by atoms with Crippen molar-refractivity contribution >= 4 is 22.9 Å². The van der Waals surface area contributed by atoms with Crippen molar-refractivity contribution in [2.24, 2.45) is 5.92 Å². The van der Waals surface area contributed by atoms with E-state index in [0.29, 0.717) is 16.5 Å². The molecule has 1 atom stereocenters. The maximum atomic E-state index is 12.5. The number of aromatic nitrogens is 1. The van der Waals surface area contributed by atoms with Crippen molar-refractivity contribution in [2.45, 2.75) is 18.9 Å². The fourth-order valence-corrected chi connectivity index (χ4v) is 4.37. The van der Waals surface area contributed by atoms with Gasteiger partial charge in [-0.3, -0.25) is 4.79 Å². The summed E-state index contributed by atoms with van der Waals surface area (Å²) in [6.45, 7) is 3.34. The van der Waals surface area contributed by atoms with E-state index >= 15 is 0 Å². The number of benzene rings is 1. The summed E-state index contributed by atoms with van der Waals surface area (Å²) in [5, 5.41) is 4.04. The summed E-state index contributed by atoms with van der Waals surface area (Å²) >= 11 is 1.42. The number of nitrogens with one attached hydrogen (secondary N) is 1. The number of piperidine rings is 3. The average molecular weight is 328 g/mol. The Bertz CT molecular complexity index is 721. The molecule has 1 aromatic heterocycles. The molecule has 4 heterocycles. The molecule has 6 heteroatoms. The lowest BCUT2D eigenvalue weighted by Gasteiger charge is -2.44. The Kier molecular flexibility index (Phi) is 3.79. The minimum absolute atomic E-state index is 0.00333. The second-order valence-corrected chi connectivity index (χ2v) is 7.40. The highest BCUT2D eigenvalue weighted by Crippen LogP contribution is 2.29. The predicted octanol–water partition coefficient (Wildman–Crippen LogP) is 2.22. The number of nitrogen functional groups attached to an aromatic ring is 1. The van der Waals surface area contributed by atoms with Gasteiger partial charge in [0.05, 0.1) is 6.20 Å². The lowest BCUT2D eigenvalue weighted by atomic mass is 9.84. The topological polar surface area (TPSA) is 71.2 Å². The van der Waals surface area contributed by atoms with Crippen LogP contribution >= 0.6 is 11.3 Å². The average Bonchev–Trinajstić information content (AvgIpc) is 3.06. The van der Waals surface area contributed by atoms with Gasteiger partial charge in [-0.1, -0.05) is 12.1 Å². The standard InChI is InChI=1S/C17H20N4OS/c18-13-3-1-2-12(8-13)17-19-9-15(23-17)16(22)20-14-10-21-6-4-11(14)5-7-21/h1-3,8-9,11,14H,4-7,10,18H2,(H,20,22)/t14-/m0/s1. The minimum atomic E-state index is -0.00333. The third kappa shape index (κ3) is 2.96. The van der Waals surface area contributed by atoms with E-state index in [1.54, 1.807) is 6.20 Å². The van der Waals surface area contributed by atoms with Crippen molar-refractivity contribution in [1.29, 1.82) is 0 Å². The number of nitrogens with zero attached hydrogens (tertiary/aromatic N) is 2. The molecular formula is C17H20N4OS. The van der Waals surface area contributed by atoms with E-state index in [0.717, 1.165) is 17.1 Å². The van der Waals surface area contributed by atoms with Gasteiger partial charge in [-0.15, -0.1) is 11.3 Å². The van der Waals surface area contributed by atoms with Gasteiger partial charge in [0.15, 0.2) is 0 Å². The summed E-state index contributed by atoms with van der Waals surface area (Å²) in [4.78, 5) is 20.0. The van der Waals surface area contributed by atoms with Gasteiger partial charge >= 0.3 is 0 Å². The third-order valence-electron chi connectivity index (χ3n) is 4.84. The lowest BCUT2D eigenvalue weighted by Crippen LogP contribution is -2.57. The first kappa shape index (κ1) is 14.7. The largest absolute Gasteiger partial charge is 0.399 e. The molecule has 0 saturated carbocycles. The molecule has 3 fully saturated rings. The highest BCUT2D eigenvalue weighted by Gasteiger charge is 2.35. The molecule has 2 aromatic rings. The van der Waals surface area contributed by atoms with Crippen molar-refractivity contribution in [3.8, 4) is 10.6 Å². The predicted molar refractivity (Wildman–Crippen MR) is 92.4 cm³/mol. The Morgan fingerprint density at radius 1 is 1.35 bits per heavy atom. The maximum Gasteiger partial charge on any atom is 0.263 e. The zero-order valence-electron chi connectivity index (χ0n) is 12.9. The van der Waals surface area contributed by atoms with E-state index in [-0.39, 0.29) is 11.9 Å². The normalized spacial score (nSPS) is 26.2. The Balaban J connectivity index is 1.47. The van der Waals surface area contributed by atoms with Gasteiger partial charge in [-0.2, -0.15) is 0 Å². The Hall–Kier alpha value is -1.92. The first-order chi connectivity index (χ1) is 11.2. The molecule has 23 heavy (non-hydrogen) atoms. The molecule has 1 aromatic carbocycles. The third-order valence-corrected chi connectivity index (χ3v) is 5.88. The van der Waals surface area contributed by atoms with Crippen molar-refractivity contribution in [2.75, 3.05) is 25.4 Å². The summed E-state index contributed by atoms with van der Waals surface area (Å²) in [6.07, 6.45) is 4.06. The molecule has 3 saturated heterocycles. The van der Waals surface area contributed by atoms with E-state index in [9.17, 15) is 4.79 Å². The summed E-state index contributed by atoms with van der Waals surface area (Å²) in [7, 11) is 0. The Labute approximate surface area is 139 Å². The molecule has 1 amide bonds. The van der Waals surface area contributed by atoms with Crippen LogP contribution in [0.4, 0.5) is 5.69 Å². The van der Waals surface area contributed by atoms with Gasteiger partial charge in [0.2, 0.25) is 0 Å². The van der Waals surface area contributed by atoms with Crippen LogP contribution in [-0.2, 0) is 0 Å². The first-order valence-electron chi connectivity index (χ1n) is 8.04.